The number of fused-ring (bicyclic) bond motifs is 1. The van der Waals surface area contributed by atoms with Gasteiger partial charge in [0.05, 0.1) is 17.1 Å². The highest BCUT2D eigenvalue weighted by molar-refractivity contribution is 7.88. The number of aromatic hydroxyl groups is 1. The molecule has 2 aliphatic heterocycles. The van der Waals surface area contributed by atoms with Crippen molar-refractivity contribution in [3.8, 4) is 11.5 Å². The number of rotatable bonds is 7. The monoisotopic (exact) mass is 792 g/mol. The molecule has 3 fully saturated rings. The number of aromatic nitrogens is 1. The highest BCUT2D eigenvalue weighted by atomic mass is 35.5. The van der Waals surface area contributed by atoms with Crippen LogP contribution in [-0.4, -0.2) is 82.7 Å². The van der Waals surface area contributed by atoms with Crippen LogP contribution in [0.5, 0.6) is 11.5 Å². The van der Waals surface area contributed by atoms with Gasteiger partial charge in [-0.1, -0.05) is 47.1 Å². The molecule has 0 amide bonds. The zero-order valence-electron chi connectivity index (χ0n) is 31.5. The summed E-state index contributed by atoms with van der Waals surface area (Å²) in [6, 6.07) is 17.6. The van der Waals surface area contributed by atoms with Crippen molar-refractivity contribution < 1.29 is 37.5 Å². The maximum Gasteiger partial charge on any atom is 0.214 e. The molecule has 9 rings (SSSR count). The number of carbonyl (C=O) groups is 2. The first-order valence-electron chi connectivity index (χ1n) is 18.8. The Morgan fingerprint density at radius 1 is 1.13 bits per heavy atom. The summed E-state index contributed by atoms with van der Waals surface area (Å²) in [6.07, 6.45) is 4.33. The summed E-state index contributed by atoms with van der Waals surface area (Å²) in [5.74, 6) is 1.15. The van der Waals surface area contributed by atoms with Gasteiger partial charge < -0.3 is 24.8 Å². The normalized spacial score (nSPS) is 25.8. The van der Waals surface area contributed by atoms with Crippen molar-refractivity contribution in [1.29, 1.82) is 0 Å². The first kappa shape index (κ1) is 39.4. The maximum atomic E-state index is 12.7. The van der Waals surface area contributed by atoms with Crippen LogP contribution in [0, 0.1) is 5.92 Å². The molecule has 12 nitrogen and oxygen atoms in total. The maximum absolute atomic E-state index is 12.7. The molecule has 1 spiro atoms. The van der Waals surface area contributed by atoms with E-state index in [4.69, 9.17) is 26.0 Å². The van der Waals surface area contributed by atoms with Crippen molar-refractivity contribution in [3.63, 3.8) is 0 Å². The average Bonchev–Trinajstić information content (AvgIpc) is 3.73. The molecule has 3 aromatic carbocycles. The third-order valence-electron chi connectivity index (χ3n) is 11.5. The Hall–Kier alpha value is -3.85. The number of likely N-dealkylation sites (tertiary alicyclic amines) is 1. The minimum absolute atomic E-state index is 0.0454. The van der Waals surface area contributed by atoms with Crippen molar-refractivity contribution >= 4 is 44.2 Å². The molecule has 1 unspecified atom stereocenters. The van der Waals surface area contributed by atoms with E-state index >= 15 is 0 Å². The van der Waals surface area contributed by atoms with Gasteiger partial charge in [-0.25, -0.2) is 13.6 Å². The molecule has 1 aromatic heterocycles. The number of primary sulfonamides is 1. The molecule has 55 heavy (non-hydrogen) atoms. The SMILES string of the molecule is CC(NC(C)(C)C)C(=O)c1cccc(Cl)c1.NS(=O)(=O)Cc1noc2ccccc12.O=C1CC[C@@]2(O)[C@H]3Cc4ccc(O)c5c4[C@@]2(CCN3CC2CC2)[C@H]1O5. The van der Waals surface area contributed by atoms with E-state index < -0.39 is 27.1 Å². The summed E-state index contributed by atoms with van der Waals surface area (Å²) in [5.41, 5.74) is 1.94. The van der Waals surface area contributed by atoms with E-state index in [1.54, 1.807) is 54.6 Å². The van der Waals surface area contributed by atoms with Gasteiger partial charge >= 0.3 is 0 Å². The zero-order chi connectivity index (χ0) is 39.5. The molecule has 4 aromatic rings. The molecule has 14 heteroatoms. The van der Waals surface area contributed by atoms with E-state index in [0.717, 1.165) is 43.0 Å². The van der Waals surface area contributed by atoms with Crippen molar-refractivity contribution in [1.82, 2.24) is 15.4 Å². The van der Waals surface area contributed by atoms with E-state index in [2.05, 4.69) is 15.4 Å². The largest absolute Gasteiger partial charge is 0.504 e. The Kier molecular flexibility index (Phi) is 10.4. The molecule has 3 aliphatic carbocycles. The molecule has 5 N–H and O–H groups in total. The van der Waals surface area contributed by atoms with Crippen molar-refractivity contribution in [2.24, 2.45) is 11.1 Å². The molecule has 294 valence electrons. The third kappa shape index (κ3) is 7.67. The van der Waals surface area contributed by atoms with Gasteiger partial charge in [0.25, 0.3) is 0 Å². The number of sulfonamides is 1. The number of halogens is 1. The lowest BCUT2D eigenvalue weighted by Gasteiger charge is -2.62. The predicted molar refractivity (Wildman–Crippen MR) is 209 cm³/mol. The van der Waals surface area contributed by atoms with Crippen LogP contribution < -0.4 is 15.2 Å². The Balaban J connectivity index is 0.000000135. The lowest BCUT2D eigenvalue weighted by molar-refractivity contribution is -0.188. The number of nitrogens with two attached hydrogens (primary N) is 1. The number of Topliss-reactive ketones (excluding diaryl/α,β-unsaturated/α-hetero) is 2. The van der Waals surface area contributed by atoms with Gasteiger partial charge in [-0.2, -0.15) is 0 Å². The summed E-state index contributed by atoms with van der Waals surface area (Å²) in [7, 11) is -3.56. The van der Waals surface area contributed by atoms with Crippen LogP contribution in [0.25, 0.3) is 11.0 Å². The number of nitrogens with one attached hydrogen (secondary N) is 1. The van der Waals surface area contributed by atoms with E-state index in [9.17, 15) is 28.2 Å². The second-order valence-corrected chi connectivity index (χ2v) is 18.7. The minimum atomic E-state index is -3.56. The fraction of sp³-hybridized carbons (Fsp3) is 0.488. The van der Waals surface area contributed by atoms with Crippen molar-refractivity contribution in [3.05, 3.63) is 88.1 Å². The minimum Gasteiger partial charge on any atom is -0.504 e. The summed E-state index contributed by atoms with van der Waals surface area (Å²) < 4.78 is 32.6. The summed E-state index contributed by atoms with van der Waals surface area (Å²) in [5, 5.41) is 35.4. The quantitative estimate of drug-likeness (QED) is 0.175. The van der Waals surface area contributed by atoms with Gasteiger partial charge in [0.2, 0.25) is 10.0 Å². The number of para-hydroxylation sites is 1. The van der Waals surface area contributed by atoms with E-state index in [0.29, 0.717) is 45.8 Å². The molecule has 3 heterocycles. The van der Waals surface area contributed by atoms with Crippen LogP contribution in [0.1, 0.15) is 87.0 Å². The lowest BCUT2D eigenvalue weighted by atomic mass is 9.49. The fourth-order valence-corrected chi connectivity index (χ4v) is 9.88. The first-order valence-corrected chi connectivity index (χ1v) is 20.9. The Morgan fingerprint density at radius 2 is 1.87 bits per heavy atom. The second-order valence-electron chi connectivity index (χ2n) is 16.6. The second kappa shape index (κ2) is 14.6. The van der Waals surface area contributed by atoms with E-state index in [1.165, 1.54) is 12.8 Å². The summed E-state index contributed by atoms with van der Waals surface area (Å²) >= 11 is 5.85. The summed E-state index contributed by atoms with van der Waals surface area (Å²) in [6.45, 7) is 9.93. The Labute approximate surface area is 326 Å². The van der Waals surface area contributed by atoms with Crippen LogP contribution in [0.15, 0.2) is 65.2 Å². The third-order valence-corrected chi connectivity index (χ3v) is 12.4. The number of phenolic OH excluding ortho intramolecular Hbond substituents is 1. The molecule has 5 aliphatic rings. The van der Waals surface area contributed by atoms with Crippen LogP contribution in [0.4, 0.5) is 0 Å². The number of nitrogens with zero attached hydrogens (tertiary/aromatic N) is 2. The number of ether oxygens (including phenoxy) is 1. The first-order chi connectivity index (χ1) is 25.9. The molecule has 2 bridgehead atoms. The number of aliphatic hydroxyl groups is 1. The lowest BCUT2D eigenvalue weighted by Crippen LogP contribution is -2.76. The van der Waals surface area contributed by atoms with Crippen LogP contribution in [0.3, 0.4) is 0 Å². The Bertz CT molecular complexity index is 2230. The number of piperidine rings is 1. The van der Waals surface area contributed by atoms with Gasteiger partial charge in [0.1, 0.15) is 11.4 Å². The smallest absolute Gasteiger partial charge is 0.214 e. The number of hydrogen-bond acceptors (Lipinski definition) is 11. The molecule has 5 atom stereocenters. The topological polar surface area (TPSA) is 185 Å². The highest BCUT2D eigenvalue weighted by Crippen LogP contribution is 2.65. The fourth-order valence-electron chi connectivity index (χ4n) is 9.10. The number of benzene rings is 3. The van der Waals surface area contributed by atoms with Gasteiger partial charge in [0.15, 0.2) is 34.8 Å². The molecular weight excluding hydrogens is 744 g/mol. The molecule has 1 saturated heterocycles. The van der Waals surface area contributed by atoms with Crippen molar-refractivity contribution in [2.75, 3.05) is 13.1 Å². The van der Waals surface area contributed by atoms with E-state index in [-0.39, 0.29) is 40.7 Å². The molecule has 0 radical (unpaired) electrons. The highest BCUT2D eigenvalue weighted by Gasteiger charge is 2.73. The van der Waals surface area contributed by atoms with Crippen LogP contribution in [-0.2, 0) is 32.4 Å². The Morgan fingerprint density at radius 3 is 2.56 bits per heavy atom. The zero-order valence-corrected chi connectivity index (χ0v) is 33.1. The average molecular weight is 793 g/mol. The predicted octanol–water partition coefficient (Wildman–Crippen LogP) is 5.44. The van der Waals surface area contributed by atoms with E-state index in [1.807, 2.05) is 33.8 Å². The van der Waals surface area contributed by atoms with Gasteiger partial charge in [-0.05, 0) is 108 Å². The number of ketones is 2. The number of carbonyl (C=O) groups excluding carboxylic acids is 2. The number of hydrogen-bond donors (Lipinski definition) is 4. The van der Waals surface area contributed by atoms with Crippen molar-refractivity contribution in [2.45, 2.75) is 107 Å². The molecule has 2 saturated carbocycles. The number of phenols is 1. The summed E-state index contributed by atoms with van der Waals surface area (Å²) in [4.78, 5) is 27.2. The van der Waals surface area contributed by atoms with Crippen LogP contribution in [0.2, 0.25) is 5.02 Å². The molecular formula is C41H49ClN4O8S. The van der Waals surface area contributed by atoms with Gasteiger partial charge in [-0.15, -0.1) is 0 Å². The van der Waals surface area contributed by atoms with Gasteiger partial charge in [0, 0.05) is 46.1 Å². The standard InChI is InChI=1S/C20H23NO4.C13H18ClNO.C8H8N2O3S/c22-13-4-3-12-9-15-20(24)6-5-14(23)18-19(20,16(12)17(13)25-18)7-8-21(15)10-11-1-2-11;1-9(15-13(2,3)4)12(16)10-6-5-7-11(14)8-10;9-14(11,12)5-7-6-3-1-2-4-8(6)13-10-7/h3-4,11,15,18,22,24H,1-2,5-10H2;5-9,15H,1-4H3;1-4H,5H2,(H2,9,11,12)/t15-,18+,19+,20-;;/m1../s1. The van der Waals surface area contributed by atoms with Gasteiger partial charge in [-0.3, -0.25) is 14.5 Å². The van der Waals surface area contributed by atoms with Crippen LogP contribution >= 0.6 is 11.6 Å².